The minimum Gasteiger partial charge on any atom is -0.468 e. The van der Waals surface area contributed by atoms with Gasteiger partial charge >= 0.3 is 5.97 Å². The molecule has 0 aliphatic carbocycles. The van der Waals surface area contributed by atoms with E-state index in [1.54, 1.807) is 6.07 Å². The Labute approximate surface area is 82.9 Å². The van der Waals surface area contributed by atoms with Crippen molar-refractivity contribution in [2.24, 2.45) is 0 Å². The lowest BCUT2D eigenvalue weighted by Gasteiger charge is -2.16. The number of esters is 1. The van der Waals surface area contributed by atoms with Crippen LogP contribution in [-0.2, 0) is 19.6 Å². The second kappa shape index (κ2) is 4.39. The van der Waals surface area contributed by atoms with Crippen molar-refractivity contribution in [1.82, 2.24) is 4.72 Å². The van der Waals surface area contributed by atoms with E-state index >= 15 is 0 Å². The first kappa shape index (κ1) is 12.9. The lowest BCUT2D eigenvalue weighted by Crippen LogP contribution is -2.44. The number of hydrogen-bond donors (Lipinski definition) is 1. The summed E-state index contributed by atoms with van der Waals surface area (Å²) in [5, 5.41) is 8.56. The highest BCUT2D eigenvalue weighted by atomic mass is 32.2. The van der Waals surface area contributed by atoms with E-state index in [2.05, 4.69) is 9.46 Å². The van der Waals surface area contributed by atoms with Crippen molar-refractivity contribution in [3.63, 3.8) is 0 Å². The largest absolute Gasteiger partial charge is 0.468 e. The van der Waals surface area contributed by atoms with Gasteiger partial charge in [0.15, 0.2) is 5.75 Å². The number of carbonyl (C=O) groups is 1. The second-order valence-electron chi connectivity index (χ2n) is 3.17. The summed E-state index contributed by atoms with van der Waals surface area (Å²) < 4.78 is 28.7. The van der Waals surface area contributed by atoms with Gasteiger partial charge in [0.1, 0.15) is 5.54 Å². The molecule has 0 aromatic carbocycles. The van der Waals surface area contributed by atoms with Crippen molar-refractivity contribution in [1.29, 1.82) is 5.26 Å². The van der Waals surface area contributed by atoms with Crippen molar-refractivity contribution in [2.45, 2.75) is 19.4 Å². The summed E-state index contributed by atoms with van der Waals surface area (Å²) in [6.07, 6.45) is 0. The molecule has 0 aliphatic heterocycles. The van der Waals surface area contributed by atoms with E-state index in [1.807, 2.05) is 0 Å². The Morgan fingerprint density at radius 2 is 2.07 bits per heavy atom. The molecule has 0 radical (unpaired) electrons. The molecule has 0 aromatic heterocycles. The Hall–Kier alpha value is -1.13. The molecule has 80 valence electrons. The summed E-state index contributed by atoms with van der Waals surface area (Å²) in [5.74, 6) is -1.65. The van der Waals surface area contributed by atoms with E-state index in [0.717, 1.165) is 7.11 Å². The maximum absolute atomic E-state index is 11.2. The van der Waals surface area contributed by atoms with Gasteiger partial charge in [-0.05, 0) is 13.8 Å². The third-order valence-corrected chi connectivity index (χ3v) is 2.66. The number of nitrogens with zero attached hydrogens (tertiary/aromatic N) is 1. The van der Waals surface area contributed by atoms with Crippen molar-refractivity contribution < 1.29 is 17.9 Å². The number of rotatable bonds is 4. The monoisotopic (exact) mass is 220 g/mol. The van der Waals surface area contributed by atoms with Gasteiger partial charge in [0.05, 0.1) is 13.2 Å². The van der Waals surface area contributed by atoms with Gasteiger partial charge in [0, 0.05) is 0 Å². The lowest BCUT2D eigenvalue weighted by molar-refractivity contribution is -0.137. The molecule has 0 bridgehead atoms. The van der Waals surface area contributed by atoms with E-state index in [0.29, 0.717) is 0 Å². The summed E-state index contributed by atoms with van der Waals surface area (Å²) in [5.41, 5.74) is -1.23. The predicted octanol–water partition coefficient (Wildman–Crippen LogP) is -0.619. The Kier molecular flexibility index (Phi) is 4.04. The van der Waals surface area contributed by atoms with E-state index < -0.39 is 27.3 Å². The van der Waals surface area contributed by atoms with Crippen LogP contribution < -0.4 is 4.72 Å². The van der Waals surface area contributed by atoms with Gasteiger partial charge in [0.25, 0.3) is 0 Å². The van der Waals surface area contributed by atoms with E-state index in [1.165, 1.54) is 13.8 Å². The fourth-order valence-corrected chi connectivity index (χ4v) is 1.99. The molecule has 0 saturated heterocycles. The molecule has 0 amide bonds. The number of carbonyl (C=O) groups excluding carboxylic acids is 1. The third-order valence-electron chi connectivity index (χ3n) is 1.23. The summed E-state index contributed by atoms with van der Waals surface area (Å²) in [6, 6.07) is 1.75. The zero-order valence-corrected chi connectivity index (χ0v) is 9.01. The van der Waals surface area contributed by atoms with Crippen LogP contribution in [0.4, 0.5) is 0 Å². The van der Waals surface area contributed by atoms with Gasteiger partial charge in [-0.25, -0.2) is 8.42 Å². The van der Waals surface area contributed by atoms with Crippen LogP contribution in [0, 0.1) is 11.3 Å². The first-order valence-electron chi connectivity index (χ1n) is 3.72. The third kappa shape index (κ3) is 4.79. The maximum Gasteiger partial charge on any atom is 0.322 e. The average Bonchev–Trinajstić information content (AvgIpc) is 2.01. The van der Waals surface area contributed by atoms with Crippen LogP contribution in [0.2, 0.25) is 0 Å². The Bertz CT molecular complexity index is 352. The number of hydrogen-bond acceptors (Lipinski definition) is 5. The highest BCUT2D eigenvalue weighted by Gasteiger charge is 2.26. The fourth-order valence-electron chi connectivity index (χ4n) is 0.662. The van der Waals surface area contributed by atoms with E-state index in [-0.39, 0.29) is 0 Å². The topological polar surface area (TPSA) is 96.3 Å². The summed E-state index contributed by atoms with van der Waals surface area (Å²) in [6.45, 7) is 2.78. The standard InChI is InChI=1S/C7H12N2O4S/c1-7(2,5-8)9-14(11,12)4-6(10)13-3/h9H,4H2,1-3H3. The van der Waals surface area contributed by atoms with Gasteiger partial charge in [0.2, 0.25) is 10.0 Å². The quantitative estimate of drug-likeness (QED) is 0.637. The molecule has 0 rings (SSSR count). The Morgan fingerprint density at radius 1 is 1.57 bits per heavy atom. The van der Waals surface area contributed by atoms with Gasteiger partial charge in [-0.2, -0.15) is 9.98 Å². The second-order valence-corrected chi connectivity index (χ2v) is 4.90. The maximum atomic E-state index is 11.2. The summed E-state index contributed by atoms with van der Waals surface area (Å²) >= 11 is 0. The molecule has 0 atom stereocenters. The molecule has 1 N–H and O–H groups in total. The Balaban J connectivity index is 4.54. The van der Waals surface area contributed by atoms with Gasteiger partial charge < -0.3 is 4.74 Å². The van der Waals surface area contributed by atoms with Gasteiger partial charge in [-0.15, -0.1) is 0 Å². The molecule has 0 fully saturated rings. The molecule has 0 heterocycles. The zero-order chi connectivity index (χ0) is 11.4. The average molecular weight is 220 g/mol. The van der Waals surface area contributed by atoms with Crippen LogP contribution in [0.15, 0.2) is 0 Å². The fraction of sp³-hybridized carbons (Fsp3) is 0.714. The highest BCUT2D eigenvalue weighted by Crippen LogP contribution is 2.02. The molecule has 14 heavy (non-hydrogen) atoms. The highest BCUT2D eigenvalue weighted by molar-refractivity contribution is 7.90. The molecule has 7 heteroatoms. The predicted molar refractivity (Wildman–Crippen MR) is 48.6 cm³/mol. The van der Waals surface area contributed by atoms with Crippen LogP contribution >= 0.6 is 0 Å². The number of nitriles is 1. The molecular weight excluding hydrogens is 208 g/mol. The molecule has 0 spiro atoms. The molecule has 0 aromatic rings. The first-order valence-corrected chi connectivity index (χ1v) is 5.37. The van der Waals surface area contributed by atoms with E-state index in [4.69, 9.17) is 5.26 Å². The van der Waals surface area contributed by atoms with Gasteiger partial charge in [-0.3, -0.25) is 4.79 Å². The number of methoxy groups -OCH3 is 1. The van der Waals surface area contributed by atoms with Crippen molar-refractivity contribution in [3.8, 4) is 6.07 Å². The minimum absolute atomic E-state index is 0.783. The number of ether oxygens (including phenoxy) is 1. The van der Waals surface area contributed by atoms with Crippen molar-refractivity contribution >= 4 is 16.0 Å². The zero-order valence-electron chi connectivity index (χ0n) is 8.20. The Morgan fingerprint density at radius 3 is 2.43 bits per heavy atom. The smallest absolute Gasteiger partial charge is 0.322 e. The van der Waals surface area contributed by atoms with Crippen LogP contribution in [0.3, 0.4) is 0 Å². The van der Waals surface area contributed by atoms with Gasteiger partial charge in [-0.1, -0.05) is 0 Å². The number of nitrogens with one attached hydrogen (secondary N) is 1. The summed E-state index contributed by atoms with van der Waals surface area (Å²) in [4.78, 5) is 10.7. The van der Waals surface area contributed by atoms with Crippen LogP contribution in [0.1, 0.15) is 13.8 Å². The van der Waals surface area contributed by atoms with Crippen LogP contribution in [-0.4, -0.2) is 32.8 Å². The number of sulfonamides is 1. The van der Waals surface area contributed by atoms with Crippen molar-refractivity contribution in [3.05, 3.63) is 0 Å². The molecular formula is C7H12N2O4S. The van der Waals surface area contributed by atoms with E-state index in [9.17, 15) is 13.2 Å². The first-order chi connectivity index (χ1) is 6.22. The van der Waals surface area contributed by atoms with Crippen molar-refractivity contribution in [2.75, 3.05) is 12.9 Å². The van der Waals surface area contributed by atoms with Crippen LogP contribution in [0.25, 0.3) is 0 Å². The minimum atomic E-state index is -3.81. The lowest BCUT2D eigenvalue weighted by atomic mass is 10.1. The molecule has 0 aliphatic rings. The SMILES string of the molecule is COC(=O)CS(=O)(=O)NC(C)(C)C#N. The van der Waals surface area contributed by atoms with Crippen LogP contribution in [0.5, 0.6) is 0 Å². The molecule has 0 unspecified atom stereocenters. The normalized spacial score (nSPS) is 11.9. The molecule has 0 saturated carbocycles. The molecule has 6 nitrogen and oxygen atoms in total. The summed E-state index contributed by atoms with van der Waals surface area (Å²) in [7, 11) is -2.72.